The van der Waals surface area contributed by atoms with Crippen molar-refractivity contribution in [3.05, 3.63) is 42.4 Å². The monoisotopic (exact) mass is 359 g/mol. The smallest absolute Gasteiger partial charge is 0.191 e. The fourth-order valence-electron chi connectivity index (χ4n) is 2.38. The molecule has 1 aromatic carbocycles. The molecule has 0 saturated heterocycles. The third kappa shape index (κ3) is 4.17. The Balaban J connectivity index is 1.46. The summed E-state index contributed by atoms with van der Waals surface area (Å²) < 4.78 is 18.2. The number of nitrogens with zero attached hydrogens (tertiary/aromatic N) is 3. The van der Waals surface area contributed by atoms with Crippen molar-refractivity contribution in [2.45, 2.75) is 18.5 Å². The molecule has 0 aliphatic heterocycles. The highest BCUT2D eigenvalue weighted by molar-refractivity contribution is 7.99. The zero-order valence-corrected chi connectivity index (χ0v) is 15.4. The second kappa shape index (κ2) is 8.11. The van der Waals surface area contributed by atoms with E-state index in [1.54, 1.807) is 25.1 Å². The van der Waals surface area contributed by atoms with Crippen LogP contribution in [0, 0.1) is 6.92 Å². The van der Waals surface area contributed by atoms with E-state index in [0.717, 1.165) is 46.0 Å². The Labute approximate surface area is 151 Å². The fourth-order valence-corrected chi connectivity index (χ4v) is 3.20. The van der Waals surface area contributed by atoms with E-state index in [1.165, 1.54) is 0 Å². The fraction of sp³-hybridized carbons (Fsp3) is 0.333. The Kier molecular flexibility index (Phi) is 5.65. The Hall–Kier alpha value is -2.41. The molecule has 7 heteroatoms. The molecule has 6 nitrogen and oxygen atoms in total. The van der Waals surface area contributed by atoms with Crippen molar-refractivity contribution in [3.8, 4) is 22.9 Å². The van der Waals surface area contributed by atoms with E-state index in [2.05, 4.69) is 10.2 Å². The Bertz CT molecular complexity index is 811. The van der Waals surface area contributed by atoms with Crippen LogP contribution < -0.4 is 9.47 Å². The third-order valence-corrected chi connectivity index (χ3v) is 4.89. The average molecular weight is 359 g/mol. The topological polar surface area (TPSA) is 62.3 Å². The van der Waals surface area contributed by atoms with E-state index in [1.807, 2.05) is 48.9 Å². The molecule has 0 spiro atoms. The van der Waals surface area contributed by atoms with E-state index in [4.69, 9.17) is 13.9 Å². The van der Waals surface area contributed by atoms with Gasteiger partial charge >= 0.3 is 0 Å². The Morgan fingerprint density at radius 3 is 2.56 bits per heavy atom. The molecule has 0 unspecified atom stereocenters. The van der Waals surface area contributed by atoms with Crippen LogP contribution in [0.5, 0.6) is 11.5 Å². The van der Waals surface area contributed by atoms with Crippen molar-refractivity contribution in [1.29, 1.82) is 0 Å². The molecule has 0 aliphatic rings. The van der Waals surface area contributed by atoms with Crippen molar-refractivity contribution in [1.82, 2.24) is 14.8 Å². The van der Waals surface area contributed by atoms with Gasteiger partial charge in [-0.2, -0.15) is 0 Å². The summed E-state index contributed by atoms with van der Waals surface area (Å²) in [6.07, 6.45) is 2.59. The molecule has 2 heterocycles. The molecule has 132 valence electrons. The standard InChI is InChI=1S/C18H21N3O3S/c1-13-16(9-11-23-13)17-19-20-18(21(17)2)25-12-4-10-24-15-7-5-14(22-3)6-8-15/h5-9,11H,4,10,12H2,1-3H3. The molecule has 3 rings (SSSR count). The van der Waals surface area contributed by atoms with E-state index in [9.17, 15) is 0 Å². The third-order valence-electron chi connectivity index (χ3n) is 3.78. The van der Waals surface area contributed by atoms with Gasteiger partial charge in [0.2, 0.25) is 0 Å². The lowest BCUT2D eigenvalue weighted by Crippen LogP contribution is -2.00. The van der Waals surface area contributed by atoms with Crippen LogP contribution in [-0.4, -0.2) is 34.2 Å². The zero-order valence-electron chi connectivity index (χ0n) is 14.6. The minimum atomic E-state index is 0.658. The molecule has 0 atom stereocenters. The molecule has 0 N–H and O–H groups in total. The van der Waals surface area contributed by atoms with Gasteiger partial charge in [-0.25, -0.2) is 0 Å². The number of hydrogen-bond donors (Lipinski definition) is 0. The van der Waals surface area contributed by atoms with Gasteiger partial charge in [-0.1, -0.05) is 11.8 Å². The molecular weight excluding hydrogens is 338 g/mol. The summed E-state index contributed by atoms with van der Waals surface area (Å²) in [6, 6.07) is 9.52. The molecule has 25 heavy (non-hydrogen) atoms. The lowest BCUT2D eigenvalue weighted by atomic mass is 10.2. The summed E-state index contributed by atoms with van der Waals surface area (Å²) in [5, 5.41) is 9.43. The number of rotatable bonds is 8. The lowest BCUT2D eigenvalue weighted by Gasteiger charge is -2.07. The van der Waals surface area contributed by atoms with E-state index < -0.39 is 0 Å². The summed E-state index contributed by atoms with van der Waals surface area (Å²) in [5.74, 6) is 4.26. The van der Waals surface area contributed by atoms with E-state index >= 15 is 0 Å². The quantitative estimate of drug-likeness (QED) is 0.448. The number of furan rings is 1. The van der Waals surface area contributed by atoms with Crippen molar-refractivity contribution in [2.75, 3.05) is 19.5 Å². The van der Waals surface area contributed by atoms with Gasteiger partial charge in [0.1, 0.15) is 17.3 Å². The molecule has 0 fully saturated rings. The van der Waals surface area contributed by atoms with Gasteiger partial charge in [0.25, 0.3) is 0 Å². The molecule has 0 aliphatic carbocycles. The van der Waals surface area contributed by atoms with Gasteiger partial charge in [-0.05, 0) is 43.7 Å². The lowest BCUT2D eigenvalue weighted by molar-refractivity contribution is 0.318. The molecule has 2 aromatic heterocycles. The van der Waals surface area contributed by atoms with Crippen molar-refractivity contribution >= 4 is 11.8 Å². The van der Waals surface area contributed by atoms with Crippen LogP contribution in [0.2, 0.25) is 0 Å². The highest BCUT2D eigenvalue weighted by Crippen LogP contribution is 2.26. The summed E-state index contributed by atoms with van der Waals surface area (Å²) in [6.45, 7) is 2.58. The number of thioether (sulfide) groups is 1. The van der Waals surface area contributed by atoms with Crippen LogP contribution in [0.4, 0.5) is 0 Å². The van der Waals surface area contributed by atoms with Gasteiger partial charge < -0.3 is 18.5 Å². The van der Waals surface area contributed by atoms with Gasteiger partial charge in [0.05, 0.1) is 25.5 Å². The van der Waals surface area contributed by atoms with Gasteiger partial charge in [0, 0.05) is 12.8 Å². The molecular formula is C18H21N3O3S. The first-order valence-corrected chi connectivity index (χ1v) is 9.01. The second-order valence-corrected chi connectivity index (χ2v) is 6.54. The number of hydrogen-bond acceptors (Lipinski definition) is 6. The van der Waals surface area contributed by atoms with Crippen molar-refractivity contribution in [2.24, 2.45) is 7.05 Å². The van der Waals surface area contributed by atoms with Crippen LogP contribution in [-0.2, 0) is 7.05 Å². The first kappa shape index (κ1) is 17.4. The molecule has 0 amide bonds. The number of methoxy groups -OCH3 is 1. The Morgan fingerprint density at radius 2 is 1.88 bits per heavy atom. The minimum absolute atomic E-state index is 0.658. The molecule has 3 aromatic rings. The van der Waals surface area contributed by atoms with Gasteiger partial charge in [0.15, 0.2) is 11.0 Å². The largest absolute Gasteiger partial charge is 0.497 e. The van der Waals surface area contributed by atoms with E-state index in [0.29, 0.717) is 6.61 Å². The van der Waals surface area contributed by atoms with Crippen LogP contribution in [0.1, 0.15) is 12.2 Å². The van der Waals surface area contributed by atoms with Crippen LogP contribution in [0.15, 0.2) is 46.2 Å². The SMILES string of the molecule is COc1ccc(OCCCSc2nnc(-c3ccoc3C)n2C)cc1. The van der Waals surface area contributed by atoms with Crippen molar-refractivity contribution < 1.29 is 13.9 Å². The highest BCUT2D eigenvalue weighted by atomic mass is 32.2. The van der Waals surface area contributed by atoms with Crippen LogP contribution in [0.25, 0.3) is 11.4 Å². The summed E-state index contributed by atoms with van der Waals surface area (Å²) in [4.78, 5) is 0. The molecule has 0 bridgehead atoms. The number of benzene rings is 1. The normalized spacial score (nSPS) is 10.8. The minimum Gasteiger partial charge on any atom is -0.497 e. The zero-order chi connectivity index (χ0) is 17.6. The number of ether oxygens (including phenoxy) is 2. The maximum absolute atomic E-state index is 5.73. The first-order valence-electron chi connectivity index (χ1n) is 8.02. The highest BCUT2D eigenvalue weighted by Gasteiger charge is 2.14. The second-order valence-electron chi connectivity index (χ2n) is 5.48. The predicted octanol–water partition coefficient (Wildman–Crippen LogP) is 3.95. The maximum atomic E-state index is 5.73. The van der Waals surface area contributed by atoms with Gasteiger partial charge in [-0.15, -0.1) is 10.2 Å². The van der Waals surface area contributed by atoms with Crippen LogP contribution >= 0.6 is 11.8 Å². The average Bonchev–Trinajstić information content (AvgIpc) is 3.21. The van der Waals surface area contributed by atoms with Crippen molar-refractivity contribution in [3.63, 3.8) is 0 Å². The van der Waals surface area contributed by atoms with E-state index in [-0.39, 0.29) is 0 Å². The first-order chi connectivity index (χ1) is 12.2. The summed E-state index contributed by atoms with van der Waals surface area (Å²) >= 11 is 1.67. The maximum Gasteiger partial charge on any atom is 0.191 e. The predicted molar refractivity (Wildman–Crippen MR) is 97.3 cm³/mol. The van der Waals surface area contributed by atoms with Gasteiger partial charge in [-0.3, -0.25) is 0 Å². The number of aryl methyl sites for hydroxylation is 1. The Morgan fingerprint density at radius 1 is 1.12 bits per heavy atom. The number of aromatic nitrogens is 3. The summed E-state index contributed by atoms with van der Waals surface area (Å²) in [7, 11) is 3.62. The van der Waals surface area contributed by atoms with Crippen LogP contribution in [0.3, 0.4) is 0 Å². The molecule has 0 radical (unpaired) electrons. The molecule has 0 saturated carbocycles. The summed E-state index contributed by atoms with van der Waals surface area (Å²) in [5.41, 5.74) is 0.977.